The van der Waals surface area contributed by atoms with Gasteiger partial charge in [-0.2, -0.15) is 0 Å². The van der Waals surface area contributed by atoms with Gasteiger partial charge in [0.15, 0.2) is 30.4 Å². The van der Waals surface area contributed by atoms with Gasteiger partial charge in [-0.05, 0) is 35.4 Å². The molecule has 1 aromatic heterocycles. The lowest BCUT2D eigenvalue weighted by Gasteiger charge is -2.07. The number of ether oxygens (including phenoxy) is 2. The Hall–Kier alpha value is -3.31. The zero-order valence-corrected chi connectivity index (χ0v) is 17.0. The van der Waals surface area contributed by atoms with Crippen molar-refractivity contribution in [3.05, 3.63) is 89.2 Å². The van der Waals surface area contributed by atoms with Gasteiger partial charge in [0.05, 0.1) is 19.8 Å². The van der Waals surface area contributed by atoms with Crippen LogP contribution in [-0.2, 0) is 6.54 Å². The summed E-state index contributed by atoms with van der Waals surface area (Å²) < 4.78 is 12.6. The van der Waals surface area contributed by atoms with Gasteiger partial charge in [-0.25, -0.2) is 9.36 Å². The number of hydrogen-bond acceptors (Lipinski definition) is 3. The summed E-state index contributed by atoms with van der Waals surface area (Å²) in [5.41, 5.74) is 3.32. The van der Waals surface area contributed by atoms with E-state index in [-0.39, 0.29) is 12.4 Å². The third-order valence-electron chi connectivity index (χ3n) is 4.33. The maximum atomic E-state index is 11.1. The molecule has 0 bridgehead atoms. The molecule has 0 unspecified atom stereocenters. The minimum atomic E-state index is -0.914. The monoisotopic (exact) mass is 411 g/mol. The molecule has 0 spiro atoms. The lowest BCUT2D eigenvalue weighted by atomic mass is 10.1. The number of carboxylic acid groups (broad SMARTS) is 1. The summed E-state index contributed by atoms with van der Waals surface area (Å²) >= 11 is 0. The van der Waals surface area contributed by atoms with Crippen LogP contribution in [0.25, 0.3) is 12.2 Å². The van der Waals surface area contributed by atoms with Crippen LogP contribution in [0.2, 0.25) is 0 Å². The maximum Gasteiger partial charge on any atom is 0.335 e. The number of aromatic carboxylic acids is 1. The number of nitrogens with zero attached hydrogens (tertiary/aromatic N) is 1. The molecule has 6 heteroatoms. The fourth-order valence-corrected chi connectivity index (χ4v) is 2.85. The lowest BCUT2D eigenvalue weighted by molar-refractivity contribution is -0.688. The number of hydrogen-bond donors (Lipinski definition) is 1. The molecule has 3 rings (SSSR count). The van der Waals surface area contributed by atoms with Crippen molar-refractivity contribution in [1.29, 1.82) is 0 Å². The highest BCUT2D eigenvalue weighted by Crippen LogP contribution is 2.28. The fourth-order valence-electron chi connectivity index (χ4n) is 2.85. The number of rotatable bonds is 7. The van der Waals surface area contributed by atoms with E-state index >= 15 is 0 Å². The van der Waals surface area contributed by atoms with Crippen LogP contribution in [0.5, 0.6) is 11.5 Å². The fraction of sp³-hybridized carbons (Fsp3) is 0.130. The van der Waals surface area contributed by atoms with Gasteiger partial charge in [0, 0.05) is 17.7 Å². The Balaban J connectivity index is 0.00000300. The number of carboxylic acids is 1. The first kappa shape index (κ1) is 22.0. The Morgan fingerprint density at radius 2 is 1.62 bits per heavy atom. The predicted molar refractivity (Wildman–Crippen MR) is 108 cm³/mol. The van der Waals surface area contributed by atoms with Crippen molar-refractivity contribution < 1.29 is 36.3 Å². The number of aromatic nitrogens is 1. The average molecular weight is 412 g/mol. The topological polar surface area (TPSA) is 59.6 Å². The van der Waals surface area contributed by atoms with Crippen molar-refractivity contribution >= 4 is 18.1 Å². The van der Waals surface area contributed by atoms with Crippen LogP contribution < -0.4 is 26.4 Å². The van der Waals surface area contributed by atoms with Crippen molar-refractivity contribution in [3.63, 3.8) is 0 Å². The zero-order valence-electron chi connectivity index (χ0n) is 16.2. The Bertz CT molecular complexity index is 1000. The Labute approximate surface area is 176 Å². The van der Waals surface area contributed by atoms with E-state index in [1.807, 2.05) is 65.5 Å². The highest BCUT2D eigenvalue weighted by molar-refractivity contribution is 5.87. The van der Waals surface area contributed by atoms with E-state index in [1.54, 1.807) is 32.4 Å². The molecule has 0 aliphatic heterocycles. The summed E-state index contributed by atoms with van der Waals surface area (Å²) in [4.78, 5) is 11.1. The van der Waals surface area contributed by atoms with Gasteiger partial charge >= 0.3 is 5.97 Å². The summed E-state index contributed by atoms with van der Waals surface area (Å²) in [6, 6.07) is 16.8. The minimum absolute atomic E-state index is 0. The summed E-state index contributed by atoms with van der Waals surface area (Å²) in [5.74, 6) is 0.481. The molecular weight excluding hydrogens is 390 g/mol. The number of carbonyl (C=O) groups is 1. The normalized spacial score (nSPS) is 10.4. The Kier molecular flexibility index (Phi) is 7.80. The summed E-state index contributed by atoms with van der Waals surface area (Å²) in [6.07, 6.45) is 7.98. The number of halogens is 1. The quantitative estimate of drug-likeness (QED) is 0.587. The molecule has 0 aliphatic rings. The first-order chi connectivity index (χ1) is 13.6. The molecule has 0 saturated carbocycles. The van der Waals surface area contributed by atoms with Crippen LogP contribution in [-0.4, -0.2) is 25.3 Å². The largest absolute Gasteiger partial charge is 1.00 e. The Morgan fingerprint density at radius 1 is 0.931 bits per heavy atom. The second-order valence-electron chi connectivity index (χ2n) is 6.26. The molecule has 0 aliphatic carbocycles. The van der Waals surface area contributed by atoms with Crippen molar-refractivity contribution in [2.75, 3.05) is 14.2 Å². The van der Waals surface area contributed by atoms with E-state index in [0.29, 0.717) is 23.6 Å². The van der Waals surface area contributed by atoms with E-state index in [2.05, 4.69) is 0 Å². The molecule has 1 N–H and O–H groups in total. The molecule has 0 fully saturated rings. The van der Waals surface area contributed by atoms with E-state index in [4.69, 9.17) is 14.6 Å². The smallest absolute Gasteiger partial charge is 0.335 e. The van der Waals surface area contributed by atoms with Crippen molar-refractivity contribution in [2.24, 2.45) is 0 Å². The third kappa shape index (κ3) is 5.83. The van der Waals surface area contributed by atoms with Crippen LogP contribution in [0.1, 0.15) is 27.0 Å². The highest BCUT2D eigenvalue weighted by atomic mass is 35.5. The first-order valence-corrected chi connectivity index (χ1v) is 8.80. The standard InChI is InChI=1S/C23H21NO4.ClH/c1-27-21-9-8-18(15-22(21)28-2)7-6-17-10-12-24(13-11-17)16-19-4-3-5-20(14-19)23(25)26;/h3-15H,16H2,1-2H3;1H/b7-6-;. The predicted octanol–water partition coefficient (Wildman–Crippen LogP) is 0.912. The van der Waals surface area contributed by atoms with E-state index in [1.165, 1.54) is 0 Å². The van der Waals surface area contributed by atoms with Crippen LogP contribution in [0, 0.1) is 0 Å². The second kappa shape index (κ2) is 10.3. The average Bonchev–Trinajstić information content (AvgIpc) is 2.73. The van der Waals surface area contributed by atoms with Gasteiger partial charge < -0.3 is 27.0 Å². The SMILES string of the molecule is COc1ccc(/C=C\c2cc[n+](Cc3cccc(C(=O)O)c3)cc2)cc1OC.[Cl-]. The summed E-state index contributed by atoms with van der Waals surface area (Å²) in [7, 11) is 3.23. The van der Waals surface area contributed by atoms with Crippen LogP contribution >= 0.6 is 0 Å². The third-order valence-corrected chi connectivity index (χ3v) is 4.33. The number of methoxy groups -OCH3 is 2. The van der Waals surface area contributed by atoms with Crippen LogP contribution in [0.4, 0.5) is 0 Å². The van der Waals surface area contributed by atoms with E-state index < -0.39 is 5.97 Å². The maximum absolute atomic E-state index is 11.1. The van der Waals surface area contributed by atoms with E-state index in [0.717, 1.165) is 16.7 Å². The number of pyridine rings is 1. The van der Waals surface area contributed by atoms with Gasteiger partial charge in [0.1, 0.15) is 0 Å². The van der Waals surface area contributed by atoms with Gasteiger partial charge in [-0.3, -0.25) is 0 Å². The Morgan fingerprint density at radius 3 is 2.28 bits per heavy atom. The lowest BCUT2D eigenvalue weighted by Crippen LogP contribution is -3.00. The molecule has 0 radical (unpaired) electrons. The van der Waals surface area contributed by atoms with Gasteiger partial charge in [0.25, 0.3) is 0 Å². The van der Waals surface area contributed by atoms with Crippen molar-refractivity contribution in [1.82, 2.24) is 0 Å². The molecule has 29 heavy (non-hydrogen) atoms. The van der Waals surface area contributed by atoms with Crippen molar-refractivity contribution in [3.8, 4) is 11.5 Å². The molecule has 1 heterocycles. The zero-order chi connectivity index (χ0) is 19.9. The van der Waals surface area contributed by atoms with Gasteiger partial charge in [0.2, 0.25) is 0 Å². The summed E-state index contributed by atoms with van der Waals surface area (Å²) in [6.45, 7) is 0.612. The van der Waals surface area contributed by atoms with Crippen LogP contribution in [0.3, 0.4) is 0 Å². The van der Waals surface area contributed by atoms with Crippen molar-refractivity contribution in [2.45, 2.75) is 6.54 Å². The molecule has 0 saturated heterocycles. The summed E-state index contributed by atoms with van der Waals surface area (Å²) in [5, 5.41) is 9.10. The molecule has 5 nitrogen and oxygen atoms in total. The molecular formula is C23H22ClNO4. The van der Waals surface area contributed by atoms with Crippen LogP contribution in [0.15, 0.2) is 67.0 Å². The molecule has 0 amide bonds. The number of benzene rings is 2. The second-order valence-corrected chi connectivity index (χ2v) is 6.26. The van der Waals surface area contributed by atoms with E-state index in [9.17, 15) is 4.79 Å². The molecule has 3 aromatic rings. The highest BCUT2D eigenvalue weighted by Gasteiger charge is 2.07. The first-order valence-electron chi connectivity index (χ1n) is 8.80. The van der Waals surface area contributed by atoms with Gasteiger partial charge in [-0.15, -0.1) is 0 Å². The van der Waals surface area contributed by atoms with Gasteiger partial charge in [-0.1, -0.05) is 30.4 Å². The molecule has 2 aromatic carbocycles. The minimum Gasteiger partial charge on any atom is -1.00 e. The molecule has 150 valence electrons. The molecule has 0 atom stereocenters.